The highest BCUT2D eigenvalue weighted by Gasteiger charge is 2.16. The van der Waals surface area contributed by atoms with Crippen molar-refractivity contribution in [1.29, 1.82) is 0 Å². The number of aromatic amines is 1. The number of pyridine rings is 1. The molecule has 0 aliphatic heterocycles. The Hall–Kier alpha value is -3.68. The Balaban J connectivity index is 1.92. The van der Waals surface area contributed by atoms with E-state index >= 15 is 0 Å². The van der Waals surface area contributed by atoms with Crippen molar-refractivity contribution >= 4 is 17.5 Å². The number of halogens is 1. The van der Waals surface area contributed by atoms with Crippen molar-refractivity contribution in [3.8, 4) is 11.5 Å². The van der Waals surface area contributed by atoms with Gasteiger partial charge in [0, 0.05) is 16.8 Å². The molecule has 0 aliphatic carbocycles. The fourth-order valence-corrected chi connectivity index (χ4v) is 2.37. The first-order chi connectivity index (χ1) is 12.4. The van der Waals surface area contributed by atoms with Crippen LogP contribution in [0.15, 0.2) is 51.9 Å². The standard InChI is InChI=1S/C18H14FN3O4/c1-9-12(19)7-10(16(20)23)8-14(9)22-18(25)11-4-5-13(21-17(11)24)15-3-2-6-26-15/h2-8H,1H3,(H2,20,23)(H,21,24)(H,22,25). The first kappa shape index (κ1) is 17.2. The molecule has 8 heteroatoms. The van der Waals surface area contributed by atoms with Gasteiger partial charge in [0.1, 0.15) is 17.1 Å². The number of nitrogens with one attached hydrogen (secondary N) is 2. The van der Waals surface area contributed by atoms with Crippen LogP contribution in [0.2, 0.25) is 0 Å². The Morgan fingerprint density at radius 2 is 2.00 bits per heavy atom. The summed E-state index contributed by atoms with van der Waals surface area (Å²) in [6.45, 7) is 1.43. The summed E-state index contributed by atoms with van der Waals surface area (Å²) in [4.78, 5) is 38.4. The number of furan rings is 1. The zero-order chi connectivity index (χ0) is 18.8. The van der Waals surface area contributed by atoms with Crippen LogP contribution in [-0.2, 0) is 0 Å². The topological polar surface area (TPSA) is 118 Å². The Morgan fingerprint density at radius 1 is 1.23 bits per heavy atom. The van der Waals surface area contributed by atoms with E-state index in [0.717, 1.165) is 6.07 Å². The van der Waals surface area contributed by atoms with Crippen molar-refractivity contribution in [3.05, 3.63) is 75.5 Å². The Kier molecular flexibility index (Phi) is 4.40. The molecule has 3 rings (SSSR count). The molecule has 0 bridgehead atoms. The van der Waals surface area contributed by atoms with Gasteiger partial charge in [-0.2, -0.15) is 0 Å². The molecule has 0 fully saturated rings. The average molecular weight is 355 g/mol. The number of aromatic nitrogens is 1. The Bertz CT molecular complexity index is 1050. The second-order valence-electron chi connectivity index (χ2n) is 5.54. The molecule has 0 aliphatic rings. The fourth-order valence-electron chi connectivity index (χ4n) is 2.37. The number of nitrogens with two attached hydrogens (primary N) is 1. The second kappa shape index (κ2) is 6.67. The van der Waals surface area contributed by atoms with Gasteiger partial charge in [0.25, 0.3) is 11.5 Å². The molecule has 132 valence electrons. The normalized spacial score (nSPS) is 10.5. The summed E-state index contributed by atoms with van der Waals surface area (Å²) in [7, 11) is 0. The van der Waals surface area contributed by atoms with E-state index in [1.54, 1.807) is 12.1 Å². The molecule has 7 nitrogen and oxygen atoms in total. The van der Waals surface area contributed by atoms with Gasteiger partial charge in [-0.3, -0.25) is 14.4 Å². The molecule has 0 radical (unpaired) electrons. The molecular weight excluding hydrogens is 341 g/mol. The lowest BCUT2D eigenvalue weighted by Crippen LogP contribution is -2.24. The molecule has 3 aromatic rings. The summed E-state index contributed by atoms with van der Waals surface area (Å²) >= 11 is 0. The van der Waals surface area contributed by atoms with Gasteiger partial charge in [-0.05, 0) is 43.3 Å². The number of carbonyl (C=O) groups excluding carboxylic acids is 2. The fraction of sp³-hybridized carbons (Fsp3) is 0.0556. The predicted molar refractivity (Wildman–Crippen MR) is 92.4 cm³/mol. The maximum atomic E-state index is 13.9. The number of rotatable bonds is 4. The van der Waals surface area contributed by atoms with Crippen LogP contribution >= 0.6 is 0 Å². The van der Waals surface area contributed by atoms with Crippen LogP contribution in [0.1, 0.15) is 26.3 Å². The molecule has 26 heavy (non-hydrogen) atoms. The molecule has 0 saturated carbocycles. The highest BCUT2D eigenvalue weighted by Crippen LogP contribution is 2.21. The third-order valence-electron chi connectivity index (χ3n) is 3.82. The van der Waals surface area contributed by atoms with Gasteiger partial charge < -0.3 is 20.5 Å². The van der Waals surface area contributed by atoms with E-state index in [2.05, 4.69) is 10.3 Å². The summed E-state index contributed by atoms with van der Waals surface area (Å²) in [6, 6.07) is 8.41. The Labute approximate surface area is 146 Å². The number of benzene rings is 1. The van der Waals surface area contributed by atoms with Crippen LogP contribution in [0, 0.1) is 12.7 Å². The maximum Gasteiger partial charge on any atom is 0.261 e. The molecule has 1 aromatic carbocycles. The van der Waals surface area contributed by atoms with E-state index in [9.17, 15) is 18.8 Å². The largest absolute Gasteiger partial charge is 0.463 e. The number of primary amides is 1. The van der Waals surface area contributed by atoms with Gasteiger partial charge in [-0.25, -0.2) is 4.39 Å². The summed E-state index contributed by atoms with van der Waals surface area (Å²) in [6.07, 6.45) is 1.46. The lowest BCUT2D eigenvalue weighted by atomic mass is 10.1. The quantitative estimate of drug-likeness (QED) is 0.666. The van der Waals surface area contributed by atoms with Gasteiger partial charge in [-0.15, -0.1) is 0 Å². The third-order valence-corrected chi connectivity index (χ3v) is 3.82. The van der Waals surface area contributed by atoms with Gasteiger partial charge in [-0.1, -0.05) is 0 Å². The monoisotopic (exact) mass is 355 g/mol. The van der Waals surface area contributed by atoms with E-state index in [0.29, 0.717) is 11.5 Å². The molecule has 0 saturated heterocycles. The summed E-state index contributed by atoms with van der Waals surface area (Å²) in [5, 5.41) is 2.43. The van der Waals surface area contributed by atoms with Crippen LogP contribution in [-0.4, -0.2) is 16.8 Å². The zero-order valence-corrected chi connectivity index (χ0v) is 13.6. The zero-order valence-electron chi connectivity index (χ0n) is 13.6. The van der Waals surface area contributed by atoms with Crippen molar-refractivity contribution in [2.24, 2.45) is 5.73 Å². The van der Waals surface area contributed by atoms with E-state index in [4.69, 9.17) is 10.2 Å². The van der Waals surface area contributed by atoms with Crippen molar-refractivity contribution in [3.63, 3.8) is 0 Å². The van der Waals surface area contributed by atoms with Crippen LogP contribution in [0.5, 0.6) is 0 Å². The molecule has 2 heterocycles. The van der Waals surface area contributed by atoms with Gasteiger partial charge in [0.2, 0.25) is 5.91 Å². The maximum absolute atomic E-state index is 13.9. The minimum Gasteiger partial charge on any atom is -0.463 e. The van der Waals surface area contributed by atoms with E-state index in [-0.39, 0.29) is 22.4 Å². The number of H-pyrrole nitrogens is 1. The van der Waals surface area contributed by atoms with Crippen molar-refractivity contribution in [2.75, 3.05) is 5.32 Å². The lowest BCUT2D eigenvalue weighted by Gasteiger charge is -2.10. The number of amides is 2. The van der Waals surface area contributed by atoms with Gasteiger partial charge in [0.15, 0.2) is 0 Å². The second-order valence-corrected chi connectivity index (χ2v) is 5.54. The molecule has 0 spiro atoms. The molecule has 0 atom stereocenters. The van der Waals surface area contributed by atoms with Gasteiger partial charge >= 0.3 is 0 Å². The number of anilines is 1. The molecule has 0 unspecified atom stereocenters. The number of hydrogen-bond donors (Lipinski definition) is 3. The molecule has 2 amide bonds. The molecular formula is C18H14FN3O4. The lowest BCUT2D eigenvalue weighted by molar-refractivity contribution is 0.0995. The van der Waals surface area contributed by atoms with Crippen molar-refractivity contribution in [2.45, 2.75) is 6.92 Å². The van der Waals surface area contributed by atoms with Crippen LogP contribution in [0.4, 0.5) is 10.1 Å². The summed E-state index contributed by atoms with van der Waals surface area (Å²) in [5.74, 6) is -1.83. The van der Waals surface area contributed by atoms with Crippen LogP contribution in [0.3, 0.4) is 0 Å². The predicted octanol–water partition coefficient (Wildman–Crippen LogP) is 2.43. The van der Waals surface area contributed by atoms with E-state index in [1.165, 1.54) is 31.4 Å². The first-order valence-electron chi connectivity index (χ1n) is 7.55. The SMILES string of the molecule is Cc1c(F)cc(C(N)=O)cc1NC(=O)c1ccc(-c2ccco2)[nH]c1=O. The summed E-state index contributed by atoms with van der Waals surface area (Å²) in [5.41, 5.74) is 4.82. The molecule has 2 aromatic heterocycles. The highest BCUT2D eigenvalue weighted by atomic mass is 19.1. The van der Waals surface area contributed by atoms with E-state index < -0.39 is 23.2 Å². The van der Waals surface area contributed by atoms with Crippen molar-refractivity contribution < 1.29 is 18.4 Å². The first-order valence-corrected chi connectivity index (χ1v) is 7.55. The van der Waals surface area contributed by atoms with Crippen LogP contribution < -0.4 is 16.6 Å². The van der Waals surface area contributed by atoms with Crippen molar-refractivity contribution in [1.82, 2.24) is 4.98 Å². The number of hydrogen-bond acceptors (Lipinski definition) is 4. The minimum atomic E-state index is -0.833. The highest BCUT2D eigenvalue weighted by molar-refractivity contribution is 6.05. The minimum absolute atomic E-state index is 0.0540. The van der Waals surface area contributed by atoms with Gasteiger partial charge in [0.05, 0.1) is 12.0 Å². The number of carbonyl (C=O) groups is 2. The summed E-state index contributed by atoms with van der Waals surface area (Å²) < 4.78 is 19.1. The third kappa shape index (κ3) is 3.25. The smallest absolute Gasteiger partial charge is 0.261 e. The van der Waals surface area contributed by atoms with Crippen LogP contribution in [0.25, 0.3) is 11.5 Å². The average Bonchev–Trinajstić information content (AvgIpc) is 3.13. The Morgan fingerprint density at radius 3 is 2.62 bits per heavy atom. The molecule has 4 N–H and O–H groups in total. The van der Waals surface area contributed by atoms with E-state index in [1.807, 2.05) is 0 Å².